The summed E-state index contributed by atoms with van der Waals surface area (Å²) >= 11 is 5.89. The number of nitrogens with two attached hydrogens (primary N) is 1. The molecule has 0 radical (unpaired) electrons. The Kier molecular flexibility index (Phi) is 4.42. The SMILES string of the molecule is Nc1ccc(Cl)cc1S(=O)CCN1CCCC1. The van der Waals surface area contributed by atoms with Gasteiger partial charge in [0.25, 0.3) is 0 Å². The standard InChI is InChI=1S/C12H17ClN2OS/c13-10-3-4-11(14)12(9-10)17(16)8-7-15-5-1-2-6-15/h3-4,9H,1-2,5-8,14H2. The van der Waals surface area contributed by atoms with Crippen LogP contribution in [0.4, 0.5) is 5.69 Å². The normalized spacial score (nSPS) is 18.4. The van der Waals surface area contributed by atoms with Gasteiger partial charge in [-0.25, -0.2) is 0 Å². The molecule has 2 N–H and O–H groups in total. The minimum Gasteiger partial charge on any atom is -0.398 e. The molecule has 1 saturated heterocycles. The molecule has 1 aromatic carbocycles. The number of hydrogen-bond donors (Lipinski definition) is 1. The zero-order valence-corrected chi connectivity index (χ0v) is 11.3. The number of anilines is 1. The summed E-state index contributed by atoms with van der Waals surface area (Å²) in [5, 5.41) is 0.587. The number of nitrogens with zero attached hydrogens (tertiary/aromatic N) is 1. The molecule has 0 spiro atoms. The molecule has 0 bridgehead atoms. The summed E-state index contributed by atoms with van der Waals surface area (Å²) in [7, 11) is -1.05. The van der Waals surface area contributed by atoms with Gasteiger partial charge in [0.05, 0.1) is 15.7 Å². The minimum atomic E-state index is -1.05. The molecule has 1 aromatic rings. The Morgan fingerprint density at radius 1 is 1.35 bits per heavy atom. The molecule has 1 aliphatic heterocycles. The van der Waals surface area contributed by atoms with E-state index < -0.39 is 10.8 Å². The topological polar surface area (TPSA) is 46.3 Å². The van der Waals surface area contributed by atoms with Gasteiger partial charge in [-0.15, -0.1) is 0 Å². The largest absolute Gasteiger partial charge is 0.398 e. The maximum Gasteiger partial charge on any atom is 0.0632 e. The lowest BCUT2D eigenvalue weighted by atomic mass is 10.3. The first kappa shape index (κ1) is 12.9. The fourth-order valence-electron chi connectivity index (χ4n) is 2.03. The van der Waals surface area contributed by atoms with Crippen molar-refractivity contribution in [2.45, 2.75) is 17.7 Å². The summed E-state index contributed by atoms with van der Waals surface area (Å²) in [4.78, 5) is 3.01. The second-order valence-electron chi connectivity index (χ2n) is 4.28. The summed E-state index contributed by atoms with van der Waals surface area (Å²) in [5.41, 5.74) is 6.37. The van der Waals surface area contributed by atoms with E-state index in [1.54, 1.807) is 18.2 Å². The van der Waals surface area contributed by atoms with Gasteiger partial charge in [0.1, 0.15) is 0 Å². The highest BCUT2D eigenvalue weighted by molar-refractivity contribution is 7.85. The van der Waals surface area contributed by atoms with Gasteiger partial charge in [-0.2, -0.15) is 0 Å². The number of halogens is 1. The van der Waals surface area contributed by atoms with Gasteiger partial charge in [-0.1, -0.05) is 11.6 Å². The predicted octanol–water partition coefficient (Wildman–Crippen LogP) is 2.13. The quantitative estimate of drug-likeness (QED) is 0.854. The molecule has 17 heavy (non-hydrogen) atoms. The molecule has 1 unspecified atom stereocenters. The maximum absolute atomic E-state index is 12.1. The van der Waals surface area contributed by atoms with E-state index in [0.29, 0.717) is 21.4 Å². The van der Waals surface area contributed by atoms with Crippen LogP contribution in [0.1, 0.15) is 12.8 Å². The fraction of sp³-hybridized carbons (Fsp3) is 0.500. The van der Waals surface area contributed by atoms with Gasteiger partial charge in [-0.05, 0) is 44.1 Å². The van der Waals surface area contributed by atoms with Crippen LogP contribution in [0.25, 0.3) is 0 Å². The second-order valence-corrected chi connectivity index (χ2v) is 6.26. The van der Waals surface area contributed by atoms with E-state index in [2.05, 4.69) is 4.90 Å². The third-order valence-electron chi connectivity index (χ3n) is 3.01. The number of benzene rings is 1. The summed E-state index contributed by atoms with van der Waals surface area (Å²) in [5.74, 6) is 0.630. The molecule has 0 aliphatic carbocycles. The molecule has 0 aromatic heterocycles. The number of likely N-dealkylation sites (tertiary alicyclic amines) is 1. The zero-order chi connectivity index (χ0) is 12.3. The molecule has 1 atom stereocenters. The maximum atomic E-state index is 12.1. The van der Waals surface area contributed by atoms with Crippen LogP contribution in [0.5, 0.6) is 0 Å². The lowest BCUT2D eigenvalue weighted by molar-refractivity contribution is 0.361. The third-order valence-corrected chi connectivity index (χ3v) is 4.65. The van der Waals surface area contributed by atoms with Gasteiger partial charge in [-0.3, -0.25) is 4.21 Å². The van der Waals surface area contributed by atoms with Crippen LogP contribution in [0.3, 0.4) is 0 Å². The minimum absolute atomic E-state index is 0.564. The van der Waals surface area contributed by atoms with E-state index in [1.165, 1.54) is 12.8 Å². The first-order valence-electron chi connectivity index (χ1n) is 5.82. The van der Waals surface area contributed by atoms with Crippen molar-refractivity contribution in [1.29, 1.82) is 0 Å². The lowest BCUT2D eigenvalue weighted by Gasteiger charge is -2.14. The summed E-state index contributed by atoms with van der Waals surface area (Å²) in [6.07, 6.45) is 2.51. The molecule has 3 nitrogen and oxygen atoms in total. The van der Waals surface area contributed by atoms with E-state index in [9.17, 15) is 4.21 Å². The van der Waals surface area contributed by atoms with Crippen molar-refractivity contribution in [3.8, 4) is 0 Å². The van der Waals surface area contributed by atoms with Crippen molar-refractivity contribution < 1.29 is 4.21 Å². The smallest absolute Gasteiger partial charge is 0.0632 e. The number of rotatable bonds is 4. The average Bonchev–Trinajstić information content (AvgIpc) is 2.82. The Morgan fingerprint density at radius 2 is 2.06 bits per heavy atom. The van der Waals surface area contributed by atoms with Gasteiger partial charge in [0.15, 0.2) is 0 Å². The Hall–Kier alpha value is -0.580. The van der Waals surface area contributed by atoms with E-state index in [1.807, 2.05) is 0 Å². The molecule has 0 saturated carbocycles. The molecule has 1 heterocycles. The van der Waals surface area contributed by atoms with Crippen molar-refractivity contribution in [2.24, 2.45) is 0 Å². The van der Waals surface area contributed by atoms with E-state index >= 15 is 0 Å². The summed E-state index contributed by atoms with van der Waals surface area (Å²) < 4.78 is 12.1. The lowest BCUT2D eigenvalue weighted by Crippen LogP contribution is -2.24. The fourth-order valence-corrected chi connectivity index (χ4v) is 3.50. The van der Waals surface area contributed by atoms with Crippen molar-refractivity contribution >= 4 is 28.1 Å². The highest BCUT2D eigenvalue weighted by Gasteiger charge is 2.14. The van der Waals surface area contributed by atoms with Crippen LogP contribution in [0.15, 0.2) is 23.1 Å². The van der Waals surface area contributed by atoms with E-state index in [4.69, 9.17) is 17.3 Å². The number of nitrogen functional groups attached to an aromatic ring is 1. The first-order chi connectivity index (χ1) is 8.16. The summed E-state index contributed by atoms with van der Waals surface area (Å²) in [6.45, 7) is 3.13. The van der Waals surface area contributed by atoms with Gasteiger partial charge in [0, 0.05) is 23.0 Å². The highest BCUT2D eigenvalue weighted by Crippen LogP contribution is 2.21. The van der Waals surface area contributed by atoms with Crippen LogP contribution in [0, 0.1) is 0 Å². The molecule has 94 valence electrons. The van der Waals surface area contributed by atoms with Crippen LogP contribution in [-0.2, 0) is 10.8 Å². The van der Waals surface area contributed by atoms with Crippen LogP contribution in [-0.4, -0.2) is 34.5 Å². The molecular weight excluding hydrogens is 256 g/mol. The molecular formula is C12H17ClN2OS. The molecule has 0 amide bonds. The van der Waals surface area contributed by atoms with Crippen LogP contribution in [0.2, 0.25) is 5.02 Å². The first-order valence-corrected chi connectivity index (χ1v) is 7.52. The van der Waals surface area contributed by atoms with E-state index in [-0.39, 0.29) is 0 Å². The molecule has 1 aliphatic rings. The second kappa shape index (κ2) is 5.85. The van der Waals surface area contributed by atoms with Crippen molar-refractivity contribution in [3.05, 3.63) is 23.2 Å². The van der Waals surface area contributed by atoms with Crippen molar-refractivity contribution in [1.82, 2.24) is 4.90 Å². The van der Waals surface area contributed by atoms with Crippen LogP contribution < -0.4 is 5.73 Å². The predicted molar refractivity (Wildman–Crippen MR) is 72.8 cm³/mol. The Labute approximate surface area is 109 Å². The number of hydrogen-bond acceptors (Lipinski definition) is 3. The summed E-state index contributed by atoms with van der Waals surface area (Å²) in [6, 6.07) is 5.14. The average molecular weight is 273 g/mol. The van der Waals surface area contributed by atoms with E-state index in [0.717, 1.165) is 19.6 Å². The molecule has 5 heteroatoms. The zero-order valence-electron chi connectivity index (χ0n) is 9.69. The van der Waals surface area contributed by atoms with Crippen molar-refractivity contribution in [2.75, 3.05) is 31.1 Å². The van der Waals surface area contributed by atoms with Gasteiger partial charge < -0.3 is 10.6 Å². The Balaban J connectivity index is 1.96. The van der Waals surface area contributed by atoms with Gasteiger partial charge in [0.2, 0.25) is 0 Å². The Morgan fingerprint density at radius 3 is 2.76 bits per heavy atom. The van der Waals surface area contributed by atoms with Crippen molar-refractivity contribution in [3.63, 3.8) is 0 Å². The van der Waals surface area contributed by atoms with Crippen LogP contribution >= 0.6 is 11.6 Å². The third kappa shape index (κ3) is 3.44. The Bertz CT molecular complexity index is 419. The molecule has 2 rings (SSSR count). The highest BCUT2D eigenvalue weighted by atomic mass is 35.5. The molecule has 1 fully saturated rings. The van der Waals surface area contributed by atoms with Gasteiger partial charge >= 0.3 is 0 Å². The monoisotopic (exact) mass is 272 g/mol.